The summed E-state index contributed by atoms with van der Waals surface area (Å²) in [5, 5.41) is 7.29. The second-order valence-corrected chi connectivity index (χ2v) is 6.12. The number of H-pyrrole nitrogens is 1. The smallest absolute Gasteiger partial charge is 0.354 e. The van der Waals surface area contributed by atoms with Gasteiger partial charge in [0.2, 0.25) is 0 Å². The second kappa shape index (κ2) is 6.48. The highest BCUT2D eigenvalue weighted by Gasteiger charge is 2.32. The van der Waals surface area contributed by atoms with Crippen LogP contribution in [0.5, 0.6) is 0 Å². The highest BCUT2D eigenvalue weighted by Crippen LogP contribution is 2.31. The number of carbonyl (C=O) groups excluding carboxylic acids is 1. The summed E-state index contributed by atoms with van der Waals surface area (Å²) >= 11 is 0. The van der Waals surface area contributed by atoms with E-state index in [1.807, 2.05) is 0 Å². The Labute approximate surface area is 156 Å². The summed E-state index contributed by atoms with van der Waals surface area (Å²) in [6.07, 6.45) is 1.12. The van der Waals surface area contributed by atoms with Gasteiger partial charge in [0.25, 0.3) is 5.91 Å². The van der Waals surface area contributed by atoms with Gasteiger partial charge >= 0.3 is 6.18 Å². The maximum Gasteiger partial charge on any atom is 0.433 e. The SMILES string of the molecule is Cn1cc(C(=O)Nc2cc3[nH]c(-c4ccnc(C(F)(F)F)c4)cc3cn2)cn1. The summed E-state index contributed by atoms with van der Waals surface area (Å²) in [4.78, 5) is 22.8. The van der Waals surface area contributed by atoms with Crippen LogP contribution in [-0.2, 0) is 13.2 Å². The molecule has 0 aliphatic carbocycles. The molecule has 7 nitrogen and oxygen atoms in total. The molecule has 0 aliphatic heterocycles. The number of halogens is 3. The highest BCUT2D eigenvalue weighted by atomic mass is 19.4. The first-order valence-corrected chi connectivity index (χ1v) is 8.12. The molecule has 0 saturated heterocycles. The Bertz CT molecular complexity index is 1180. The van der Waals surface area contributed by atoms with E-state index in [0.717, 1.165) is 12.3 Å². The summed E-state index contributed by atoms with van der Waals surface area (Å²) in [6.45, 7) is 0. The zero-order valence-corrected chi connectivity index (χ0v) is 14.4. The molecule has 0 aromatic carbocycles. The quantitative estimate of drug-likeness (QED) is 0.563. The van der Waals surface area contributed by atoms with Crippen molar-refractivity contribution in [2.75, 3.05) is 5.32 Å². The van der Waals surface area contributed by atoms with E-state index in [9.17, 15) is 18.0 Å². The Kier molecular flexibility index (Phi) is 4.10. The fourth-order valence-corrected chi connectivity index (χ4v) is 2.73. The van der Waals surface area contributed by atoms with E-state index in [-0.39, 0.29) is 5.91 Å². The van der Waals surface area contributed by atoms with Crippen LogP contribution < -0.4 is 5.32 Å². The molecule has 0 spiro atoms. The average Bonchev–Trinajstić information content (AvgIpc) is 3.27. The summed E-state index contributed by atoms with van der Waals surface area (Å²) < 4.78 is 40.1. The molecule has 0 radical (unpaired) electrons. The number of hydrogen-bond acceptors (Lipinski definition) is 4. The Morgan fingerprint density at radius 2 is 2.00 bits per heavy atom. The topological polar surface area (TPSA) is 88.5 Å². The van der Waals surface area contributed by atoms with Gasteiger partial charge in [-0.15, -0.1) is 0 Å². The van der Waals surface area contributed by atoms with E-state index in [0.29, 0.717) is 33.5 Å². The van der Waals surface area contributed by atoms with Crippen molar-refractivity contribution >= 4 is 22.6 Å². The van der Waals surface area contributed by atoms with E-state index >= 15 is 0 Å². The van der Waals surface area contributed by atoms with Gasteiger partial charge in [0.05, 0.1) is 17.3 Å². The number of fused-ring (bicyclic) bond motifs is 1. The van der Waals surface area contributed by atoms with Crippen LogP contribution in [0, 0.1) is 0 Å². The molecule has 0 atom stereocenters. The number of aryl methyl sites for hydroxylation is 1. The van der Waals surface area contributed by atoms with Crippen molar-refractivity contribution < 1.29 is 18.0 Å². The number of carbonyl (C=O) groups is 1. The van der Waals surface area contributed by atoms with Crippen molar-refractivity contribution in [2.45, 2.75) is 6.18 Å². The molecular formula is C18H13F3N6O. The van der Waals surface area contributed by atoms with Gasteiger partial charge in [-0.2, -0.15) is 18.3 Å². The van der Waals surface area contributed by atoms with Gasteiger partial charge in [-0.25, -0.2) is 4.98 Å². The number of aromatic amines is 1. The van der Waals surface area contributed by atoms with Crippen LogP contribution in [0.25, 0.3) is 22.2 Å². The molecule has 28 heavy (non-hydrogen) atoms. The van der Waals surface area contributed by atoms with Gasteiger partial charge in [-0.05, 0) is 18.2 Å². The lowest BCUT2D eigenvalue weighted by molar-refractivity contribution is -0.141. The monoisotopic (exact) mass is 386 g/mol. The predicted molar refractivity (Wildman–Crippen MR) is 95.5 cm³/mol. The Morgan fingerprint density at radius 3 is 2.71 bits per heavy atom. The molecule has 1 amide bonds. The number of hydrogen-bond donors (Lipinski definition) is 2. The van der Waals surface area contributed by atoms with Crippen molar-refractivity contribution in [1.29, 1.82) is 0 Å². The molecule has 0 unspecified atom stereocenters. The van der Waals surface area contributed by atoms with E-state index < -0.39 is 11.9 Å². The largest absolute Gasteiger partial charge is 0.433 e. The first kappa shape index (κ1) is 17.7. The minimum atomic E-state index is -4.52. The maximum absolute atomic E-state index is 12.9. The molecule has 142 valence electrons. The van der Waals surface area contributed by atoms with Crippen molar-refractivity contribution in [1.82, 2.24) is 24.7 Å². The Morgan fingerprint density at radius 1 is 1.18 bits per heavy atom. The predicted octanol–water partition coefficient (Wildman–Crippen LogP) is 3.63. The summed E-state index contributed by atoms with van der Waals surface area (Å²) in [5.74, 6) is -0.0591. The molecule has 2 N–H and O–H groups in total. The van der Waals surface area contributed by atoms with Crippen LogP contribution in [0.4, 0.5) is 19.0 Å². The minimum Gasteiger partial charge on any atom is -0.354 e. The van der Waals surface area contributed by atoms with Gasteiger partial charge in [0.1, 0.15) is 11.5 Å². The molecule has 0 aliphatic rings. The normalized spacial score (nSPS) is 11.7. The van der Waals surface area contributed by atoms with Crippen molar-refractivity contribution in [3.05, 3.63) is 60.3 Å². The van der Waals surface area contributed by atoms with E-state index in [2.05, 4.69) is 25.4 Å². The highest BCUT2D eigenvalue weighted by molar-refractivity contribution is 6.04. The number of amides is 1. The fraction of sp³-hybridized carbons (Fsp3) is 0.111. The van der Waals surface area contributed by atoms with Crippen LogP contribution in [0.1, 0.15) is 16.1 Å². The van der Waals surface area contributed by atoms with E-state index in [1.165, 1.54) is 23.1 Å². The lowest BCUT2D eigenvalue weighted by atomic mass is 10.1. The molecule has 4 aromatic rings. The van der Waals surface area contributed by atoms with Crippen LogP contribution in [0.15, 0.2) is 49.1 Å². The lowest BCUT2D eigenvalue weighted by Gasteiger charge is -2.06. The number of nitrogens with zero attached hydrogens (tertiary/aromatic N) is 4. The van der Waals surface area contributed by atoms with Crippen LogP contribution in [-0.4, -0.2) is 30.6 Å². The molecule has 10 heteroatoms. The van der Waals surface area contributed by atoms with Gasteiger partial charge in [0.15, 0.2) is 0 Å². The van der Waals surface area contributed by atoms with Crippen LogP contribution in [0.3, 0.4) is 0 Å². The number of rotatable bonds is 3. The fourth-order valence-electron chi connectivity index (χ4n) is 2.73. The number of anilines is 1. The van der Waals surface area contributed by atoms with Crippen molar-refractivity contribution in [3.8, 4) is 11.3 Å². The van der Waals surface area contributed by atoms with Gasteiger partial charge in [0, 0.05) is 48.3 Å². The lowest BCUT2D eigenvalue weighted by Crippen LogP contribution is -2.12. The van der Waals surface area contributed by atoms with Crippen LogP contribution in [0.2, 0.25) is 0 Å². The minimum absolute atomic E-state index is 0.306. The molecule has 0 bridgehead atoms. The molecule has 0 fully saturated rings. The third-order valence-corrected chi connectivity index (χ3v) is 4.07. The molecule has 4 heterocycles. The van der Waals surface area contributed by atoms with Crippen molar-refractivity contribution in [3.63, 3.8) is 0 Å². The first-order valence-electron chi connectivity index (χ1n) is 8.12. The first-order chi connectivity index (χ1) is 13.3. The zero-order valence-electron chi connectivity index (χ0n) is 14.4. The number of nitrogens with one attached hydrogen (secondary N) is 2. The Hall–Kier alpha value is -3.69. The van der Waals surface area contributed by atoms with Gasteiger partial charge in [-0.3, -0.25) is 14.5 Å². The molecule has 0 saturated carbocycles. The van der Waals surface area contributed by atoms with E-state index in [1.54, 1.807) is 25.4 Å². The Balaban J connectivity index is 1.63. The van der Waals surface area contributed by atoms with Gasteiger partial charge < -0.3 is 10.3 Å². The third-order valence-electron chi connectivity index (χ3n) is 4.07. The maximum atomic E-state index is 12.9. The number of pyridine rings is 2. The summed E-state index contributed by atoms with van der Waals surface area (Å²) in [5.41, 5.74) is 0.871. The standard InChI is InChI=1S/C18H13F3N6O/c1-27-9-12(8-24-27)17(28)26-16-6-14-11(7-23-16)4-13(25-14)10-2-3-22-15(5-10)18(19,20)21/h2-9,25H,1H3,(H,23,26,28). The summed E-state index contributed by atoms with van der Waals surface area (Å²) in [7, 11) is 1.70. The summed E-state index contributed by atoms with van der Waals surface area (Å²) in [6, 6.07) is 5.76. The van der Waals surface area contributed by atoms with E-state index in [4.69, 9.17) is 0 Å². The molecule has 4 aromatic heterocycles. The number of alkyl halides is 3. The second-order valence-electron chi connectivity index (χ2n) is 6.12. The van der Waals surface area contributed by atoms with Crippen LogP contribution >= 0.6 is 0 Å². The zero-order chi connectivity index (χ0) is 19.9. The molecular weight excluding hydrogens is 373 g/mol. The third kappa shape index (κ3) is 3.43. The van der Waals surface area contributed by atoms with Crippen molar-refractivity contribution in [2.24, 2.45) is 7.05 Å². The molecule has 4 rings (SSSR count). The van der Waals surface area contributed by atoms with Gasteiger partial charge in [-0.1, -0.05) is 0 Å². The average molecular weight is 386 g/mol. The number of aromatic nitrogens is 5.